The van der Waals surface area contributed by atoms with Gasteiger partial charge in [-0.2, -0.15) is 0 Å². The Morgan fingerprint density at radius 2 is 0.931 bits per heavy atom. The van der Waals surface area contributed by atoms with E-state index in [0.29, 0.717) is 0 Å². The second-order valence-corrected chi connectivity index (χ2v) is 18.9. The molecule has 72 heavy (non-hydrogen) atoms. The van der Waals surface area contributed by atoms with Crippen molar-refractivity contribution in [2.24, 2.45) is 0 Å². The van der Waals surface area contributed by atoms with E-state index in [-0.39, 0.29) is 6.85 Å². The monoisotopic (exact) mass is 919 g/mol. The van der Waals surface area contributed by atoms with Crippen LogP contribution in [0.1, 0.15) is 5.56 Å². The van der Waals surface area contributed by atoms with E-state index in [1.54, 1.807) is 0 Å². The van der Waals surface area contributed by atoms with Crippen LogP contribution in [0, 0.1) is 6.92 Å². The van der Waals surface area contributed by atoms with Gasteiger partial charge in [0, 0.05) is 67.4 Å². The number of nitrogens with zero attached hydrogens (tertiary/aromatic N) is 3. The van der Waals surface area contributed by atoms with Crippen molar-refractivity contribution in [3.8, 4) is 44.5 Å². The van der Waals surface area contributed by atoms with Crippen molar-refractivity contribution in [2.45, 2.75) is 6.92 Å². The molecule has 0 unspecified atom stereocenters. The Kier molecular flexibility index (Phi) is 9.82. The third-order valence-corrected chi connectivity index (χ3v) is 14.7. The first-order valence-electron chi connectivity index (χ1n) is 24.8. The minimum Gasteiger partial charge on any atom is -0.455 e. The van der Waals surface area contributed by atoms with Crippen molar-refractivity contribution in [1.82, 2.24) is 0 Å². The first kappa shape index (κ1) is 41.6. The lowest BCUT2D eigenvalue weighted by Gasteiger charge is -2.46. The summed E-state index contributed by atoms with van der Waals surface area (Å²) in [5, 5.41) is 2.19. The number of rotatable bonds is 8. The summed E-state index contributed by atoms with van der Waals surface area (Å²) in [6.07, 6.45) is 0. The van der Waals surface area contributed by atoms with E-state index in [2.05, 4.69) is 282 Å². The molecule has 2 aliphatic heterocycles. The zero-order valence-electron chi connectivity index (χ0n) is 39.7. The van der Waals surface area contributed by atoms with E-state index in [1.807, 2.05) is 0 Å². The lowest BCUT2D eigenvalue weighted by Crippen LogP contribution is -2.61. The molecule has 14 rings (SSSR count). The van der Waals surface area contributed by atoms with E-state index in [4.69, 9.17) is 4.42 Å². The second kappa shape index (κ2) is 17.0. The number of aryl methyl sites for hydroxylation is 1. The summed E-state index contributed by atoms with van der Waals surface area (Å²) in [6, 6.07) is 94.8. The van der Waals surface area contributed by atoms with Crippen molar-refractivity contribution in [3.05, 3.63) is 266 Å². The van der Waals surface area contributed by atoms with Crippen LogP contribution in [0.4, 0.5) is 45.5 Å². The molecule has 338 valence electrons. The van der Waals surface area contributed by atoms with Crippen LogP contribution in [-0.4, -0.2) is 6.85 Å². The Labute approximate surface area is 420 Å². The minimum atomic E-state index is -0.271. The molecule has 1 aromatic heterocycles. The molecule has 0 saturated heterocycles. The molecule has 0 fully saturated rings. The molecule has 5 heteroatoms. The van der Waals surface area contributed by atoms with Crippen LogP contribution in [0.5, 0.6) is 0 Å². The van der Waals surface area contributed by atoms with Crippen molar-refractivity contribution >= 4 is 85.2 Å². The average molecular weight is 920 g/mol. The summed E-state index contributed by atoms with van der Waals surface area (Å²) in [7, 11) is 0. The highest BCUT2D eigenvalue weighted by molar-refractivity contribution is 6.94. The number of furan rings is 1. The van der Waals surface area contributed by atoms with Crippen LogP contribution in [0.15, 0.2) is 265 Å². The van der Waals surface area contributed by atoms with Crippen LogP contribution >= 0.6 is 0 Å². The van der Waals surface area contributed by atoms with Crippen LogP contribution < -0.4 is 25.5 Å². The molecule has 0 radical (unpaired) electrons. The van der Waals surface area contributed by atoms with Crippen molar-refractivity contribution in [3.63, 3.8) is 0 Å². The Morgan fingerprint density at radius 3 is 1.58 bits per heavy atom. The molecule has 0 aliphatic carbocycles. The lowest BCUT2D eigenvalue weighted by molar-refractivity contribution is 0.670. The van der Waals surface area contributed by atoms with Gasteiger partial charge in [-0.25, -0.2) is 0 Å². The summed E-state index contributed by atoms with van der Waals surface area (Å²) in [6.45, 7) is 1.97. The molecule has 4 nitrogen and oxygen atoms in total. The molecule has 12 aromatic rings. The fourth-order valence-corrected chi connectivity index (χ4v) is 11.4. The van der Waals surface area contributed by atoms with Gasteiger partial charge in [0.2, 0.25) is 0 Å². The summed E-state index contributed by atoms with van der Waals surface area (Å²) in [5.41, 5.74) is 23.5. The molecule has 3 heterocycles. The van der Waals surface area contributed by atoms with Gasteiger partial charge in [0.1, 0.15) is 11.2 Å². The first-order valence-corrected chi connectivity index (χ1v) is 24.8. The van der Waals surface area contributed by atoms with Gasteiger partial charge >= 0.3 is 6.85 Å². The van der Waals surface area contributed by atoms with E-state index >= 15 is 0 Å². The van der Waals surface area contributed by atoms with E-state index in [9.17, 15) is 0 Å². The van der Waals surface area contributed by atoms with Gasteiger partial charge in [-0.05, 0) is 130 Å². The summed E-state index contributed by atoms with van der Waals surface area (Å²) < 4.78 is 7.18. The van der Waals surface area contributed by atoms with Gasteiger partial charge in [0.05, 0.1) is 0 Å². The maximum atomic E-state index is 7.18. The molecule has 0 atom stereocenters. The second-order valence-electron chi connectivity index (χ2n) is 18.9. The van der Waals surface area contributed by atoms with Gasteiger partial charge < -0.3 is 19.0 Å². The molecule has 0 bridgehead atoms. The normalized spacial score (nSPS) is 12.4. The van der Waals surface area contributed by atoms with Gasteiger partial charge in [-0.15, -0.1) is 0 Å². The van der Waals surface area contributed by atoms with Crippen LogP contribution in [0.25, 0.3) is 66.4 Å². The Balaban J connectivity index is 1.11. The summed E-state index contributed by atoms with van der Waals surface area (Å²) in [5.74, 6) is 0. The van der Waals surface area contributed by atoms with Crippen LogP contribution in [0.2, 0.25) is 0 Å². The number of hydrogen-bond acceptors (Lipinski definition) is 4. The molecule has 0 amide bonds. The van der Waals surface area contributed by atoms with E-state index in [0.717, 1.165) is 84.1 Å². The predicted octanol–water partition coefficient (Wildman–Crippen LogP) is 17.1. The molecule has 11 aromatic carbocycles. The topological polar surface area (TPSA) is 22.9 Å². The third-order valence-electron chi connectivity index (χ3n) is 14.7. The largest absolute Gasteiger partial charge is 0.455 e. The molecule has 2 aliphatic rings. The molecule has 0 N–H and O–H groups in total. The van der Waals surface area contributed by atoms with Crippen molar-refractivity contribution in [1.29, 1.82) is 0 Å². The van der Waals surface area contributed by atoms with Crippen LogP contribution in [0.3, 0.4) is 0 Å². The fraction of sp³-hybridized carbons (Fsp3) is 0.0149. The summed E-state index contributed by atoms with van der Waals surface area (Å²) in [4.78, 5) is 7.53. The Hall–Kier alpha value is -9.32. The average Bonchev–Trinajstić information content (AvgIpc) is 3.83. The van der Waals surface area contributed by atoms with Gasteiger partial charge in [0.25, 0.3) is 0 Å². The minimum absolute atomic E-state index is 0.271. The quantitative estimate of drug-likeness (QED) is 0.142. The van der Waals surface area contributed by atoms with Crippen molar-refractivity contribution < 1.29 is 4.42 Å². The third kappa shape index (κ3) is 6.77. The van der Waals surface area contributed by atoms with E-state index in [1.165, 1.54) is 44.3 Å². The highest BCUT2D eigenvalue weighted by Gasteiger charge is 2.47. The van der Waals surface area contributed by atoms with E-state index < -0.39 is 0 Å². The Morgan fingerprint density at radius 1 is 0.389 bits per heavy atom. The Bertz CT molecular complexity index is 3950. The molecule has 0 spiro atoms. The molecule has 0 saturated carbocycles. The molecular formula is C67H46BN3O. The van der Waals surface area contributed by atoms with Gasteiger partial charge in [-0.1, -0.05) is 188 Å². The molecular weight excluding hydrogens is 874 g/mol. The first-order chi connectivity index (χ1) is 35.6. The number of anilines is 8. The smallest absolute Gasteiger partial charge is 0.333 e. The summed E-state index contributed by atoms with van der Waals surface area (Å²) >= 11 is 0. The van der Waals surface area contributed by atoms with Crippen LogP contribution in [-0.2, 0) is 0 Å². The SMILES string of the molecule is Cc1ccc(-c2ccccc2)cc1N1c2ccc(-c3ccccc3)cc2B2c3c1cc1c(oc4ccccc41)c3-c1ccc(N(c3ccccc3)c3ccccc3)cc1N2c1ccc(-c2ccccc2)cc1. The maximum Gasteiger partial charge on any atom is 0.333 e. The standard InChI is InChI=1S/C67H46BN3O/c1-45-31-32-51(48-23-11-4-12-24-48)42-61(45)70-60-40-35-50(47-21-9-3-10-22-47)41-59(60)68-66-63(70)44-58-56-29-17-18-30-64(56)72-67(58)65(66)57-39-38-55(69(52-25-13-5-14-26-52)53-27-15-6-16-28-53)43-62(57)71(68)54-36-33-49(34-37-54)46-19-7-2-8-20-46/h2-44H,1H3. The van der Waals surface area contributed by atoms with Gasteiger partial charge in [-0.3, -0.25) is 0 Å². The van der Waals surface area contributed by atoms with Gasteiger partial charge in [0.15, 0.2) is 0 Å². The maximum absolute atomic E-state index is 7.18. The zero-order valence-corrected chi connectivity index (χ0v) is 39.7. The predicted molar refractivity (Wildman–Crippen MR) is 303 cm³/mol. The fourth-order valence-electron chi connectivity index (χ4n) is 11.4. The van der Waals surface area contributed by atoms with Crippen molar-refractivity contribution in [2.75, 3.05) is 14.6 Å². The number of benzene rings is 11. The number of para-hydroxylation sites is 3. The highest BCUT2D eigenvalue weighted by atomic mass is 16.3. The lowest BCUT2D eigenvalue weighted by atomic mass is 9.43. The number of hydrogen-bond donors (Lipinski definition) is 0. The zero-order chi connectivity index (χ0) is 47.7. The highest BCUT2D eigenvalue weighted by Crippen LogP contribution is 2.53. The number of fused-ring (bicyclic) bond motifs is 8.